The van der Waals surface area contributed by atoms with Crippen LogP contribution in [0, 0.1) is 0 Å². The number of nitrogens with zero attached hydrogens (tertiary/aromatic N) is 1. The zero-order chi connectivity index (χ0) is 14.5. The molecule has 1 aromatic carbocycles. The van der Waals surface area contributed by atoms with E-state index in [-0.39, 0.29) is 0 Å². The van der Waals surface area contributed by atoms with Gasteiger partial charge in [-0.25, -0.2) is 0 Å². The van der Waals surface area contributed by atoms with Crippen molar-refractivity contribution in [1.82, 2.24) is 20.5 Å². The standard InChI is InChI=1S/C18H24N4/c1-2-14-15-9-13(22-6-4-19-5-7-22)11-21-17(15)8-12-10-20-16(3-1)18(12)14/h1-3,10,13,15,17,19-21H,4-9,11H2/t13?,15-,17-/m1/s1. The van der Waals surface area contributed by atoms with Crippen LogP contribution in [0.5, 0.6) is 0 Å². The van der Waals surface area contributed by atoms with Gasteiger partial charge < -0.3 is 15.6 Å². The first kappa shape index (κ1) is 13.1. The molecule has 1 aliphatic carbocycles. The molecule has 0 bridgehead atoms. The van der Waals surface area contributed by atoms with E-state index in [1.165, 1.54) is 42.4 Å². The Morgan fingerprint density at radius 2 is 2.05 bits per heavy atom. The van der Waals surface area contributed by atoms with E-state index >= 15 is 0 Å². The van der Waals surface area contributed by atoms with Gasteiger partial charge in [-0.05, 0) is 30.0 Å². The molecule has 2 saturated heterocycles. The zero-order valence-corrected chi connectivity index (χ0v) is 12.9. The maximum absolute atomic E-state index is 3.87. The van der Waals surface area contributed by atoms with Crippen molar-refractivity contribution >= 4 is 10.9 Å². The average molecular weight is 296 g/mol. The smallest absolute Gasteiger partial charge is 0.0459 e. The number of rotatable bonds is 1. The van der Waals surface area contributed by atoms with Crippen LogP contribution >= 0.6 is 0 Å². The minimum absolute atomic E-state index is 0.619. The molecule has 2 aliphatic heterocycles. The number of hydrogen-bond acceptors (Lipinski definition) is 3. The van der Waals surface area contributed by atoms with E-state index in [2.05, 4.69) is 44.9 Å². The molecular formula is C18H24N4. The lowest BCUT2D eigenvalue weighted by atomic mass is 9.74. The summed E-state index contributed by atoms with van der Waals surface area (Å²) >= 11 is 0. The molecule has 0 radical (unpaired) electrons. The van der Waals surface area contributed by atoms with Crippen molar-refractivity contribution in [3.05, 3.63) is 35.5 Å². The van der Waals surface area contributed by atoms with Crippen molar-refractivity contribution in [2.24, 2.45) is 0 Å². The molecule has 2 aromatic rings. The van der Waals surface area contributed by atoms with Crippen molar-refractivity contribution in [3.8, 4) is 0 Å². The Balaban J connectivity index is 1.48. The number of fused-ring (bicyclic) bond motifs is 2. The number of nitrogens with one attached hydrogen (secondary N) is 3. The first-order valence-corrected chi connectivity index (χ1v) is 8.67. The van der Waals surface area contributed by atoms with Crippen LogP contribution in [0.4, 0.5) is 0 Å². The quantitative estimate of drug-likeness (QED) is 0.746. The highest BCUT2D eigenvalue weighted by Gasteiger charge is 2.38. The third-order valence-corrected chi connectivity index (χ3v) is 5.95. The third-order valence-electron chi connectivity index (χ3n) is 5.95. The van der Waals surface area contributed by atoms with Crippen molar-refractivity contribution in [3.63, 3.8) is 0 Å². The van der Waals surface area contributed by atoms with E-state index in [0.29, 0.717) is 18.0 Å². The highest BCUT2D eigenvalue weighted by atomic mass is 15.2. The second-order valence-electron chi connectivity index (χ2n) is 7.08. The minimum Gasteiger partial charge on any atom is -0.361 e. The molecule has 3 N–H and O–H groups in total. The van der Waals surface area contributed by atoms with Crippen molar-refractivity contribution in [2.75, 3.05) is 32.7 Å². The molecule has 3 heterocycles. The van der Waals surface area contributed by atoms with E-state index in [1.807, 2.05) is 0 Å². The number of H-pyrrole nitrogens is 1. The highest BCUT2D eigenvalue weighted by Crippen LogP contribution is 2.41. The number of piperazine rings is 1. The Morgan fingerprint density at radius 1 is 1.14 bits per heavy atom. The Morgan fingerprint density at radius 3 is 2.95 bits per heavy atom. The van der Waals surface area contributed by atoms with Gasteiger partial charge in [0.05, 0.1) is 0 Å². The summed E-state index contributed by atoms with van der Waals surface area (Å²) in [7, 11) is 0. The lowest BCUT2D eigenvalue weighted by molar-refractivity contribution is 0.124. The molecule has 2 fully saturated rings. The van der Waals surface area contributed by atoms with Gasteiger partial charge in [0.2, 0.25) is 0 Å². The molecule has 22 heavy (non-hydrogen) atoms. The summed E-state index contributed by atoms with van der Waals surface area (Å²) in [5.74, 6) is 0.667. The van der Waals surface area contributed by atoms with Gasteiger partial charge in [-0.3, -0.25) is 4.90 Å². The predicted octanol–water partition coefficient (Wildman–Crippen LogP) is 1.44. The Labute approximate surface area is 131 Å². The molecule has 116 valence electrons. The van der Waals surface area contributed by atoms with Gasteiger partial charge in [-0.15, -0.1) is 0 Å². The maximum atomic E-state index is 3.87. The number of aromatic nitrogens is 1. The Hall–Kier alpha value is -1.36. The van der Waals surface area contributed by atoms with Crippen LogP contribution in [-0.4, -0.2) is 54.7 Å². The van der Waals surface area contributed by atoms with Crippen LogP contribution in [0.25, 0.3) is 10.9 Å². The summed E-state index contributed by atoms with van der Waals surface area (Å²) < 4.78 is 0. The summed E-state index contributed by atoms with van der Waals surface area (Å²) in [6.45, 7) is 5.83. The number of benzene rings is 1. The molecule has 1 unspecified atom stereocenters. The molecular weight excluding hydrogens is 272 g/mol. The molecule has 3 aliphatic rings. The monoisotopic (exact) mass is 296 g/mol. The van der Waals surface area contributed by atoms with Gasteiger partial charge in [0.15, 0.2) is 0 Å². The topological polar surface area (TPSA) is 43.1 Å². The largest absolute Gasteiger partial charge is 0.361 e. The summed E-state index contributed by atoms with van der Waals surface area (Å²) in [6, 6.07) is 8.10. The predicted molar refractivity (Wildman–Crippen MR) is 89.4 cm³/mol. The van der Waals surface area contributed by atoms with Crippen molar-refractivity contribution in [1.29, 1.82) is 0 Å². The van der Waals surface area contributed by atoms with E-state index < -0.39 is 0 Å². The van der Waals surface area contributed by atoms with Gasteiger partial charge in [0.25, 0.3) is 0 Å². The first-order valence-electron chi connectivity index (χ1n) is 8.67. The Bertz CT molecular complexity index is 685. The average Bonchev–Trinajstić information content (AvgIpc) is 3.00. The summed E-state index contributed by atoms with van der Waals surface area (Å²) in [5.41, 5.74) is 4.38. The maximum Gasteiger partial charge on any atom is 0.0459 e. The molecule has 4 nitrogen and oxygen atoms in total. The van der Waals surface area contributed by atoms with Crippen LogP contribution in [-0.2, 0) is 6.42 Å². The normalized spacial score (nSPS) is 32.1. The summed E-state index contributed by atoms with van der Waals surface area (Å²) in [4.78, 5) is 6.14. The molecule has 0 saturated carbocycles. The number of aromatic amines is 1. The third kappa shape index (κ3) is 1.94. The van der Waals surface area contributed by atoms with Gasteiger partial charge >= 0.3 is 0 Å². The van der Waals surface area contributed by atoms with Gasteiger partial charge in [-0.1, -0.05) is 12.1 Å². The zero-order valence-electron chi connectivity index (χ0n) is 12.9. The van der Waals surface area contributed by atoms with Crippen molar-refractivity contribution in [2.45, 2.75) is 30.8 Å². The van der Waals surface area contributed by atoms with E-state index in [9.17, 15) is 0 Å². The first-order chi connectivity index (χ1) is 10.9. The second-order valence-corrected chi connectivity index (χ2v) is 7.08. The van der Waals surface area contributed by atoms with Crippen LogP contribution < -0.4 is 10.6 Å². The fourth-order valence-corrected chi connectivity index (χ4v) is 4.85. The van der Waals surface area contributed by atoms with Gasteiger partial charge in [-0.2, -0.15) is 0 Å². The molecule has 4 heteroatoms. The minimum atomic E-state index is 0.619. The highest BCUT2D eigenvalue weighted by molar-refractivity contribution is 5.88. The van der Waals surface area contributed by atoms with Crippen LogP contribution in [0.2, 0.25) is 0 Å². The Kier molecular flexibility index (Phi) is 3.03. The fourth-order valence-electron chi connectivity index (χ4n) is 4.85. The molecule has 0 spiro atoms. The second kappa shape index (κ2) is 5.08. The lowest BCUT2D eigenvalue weighted by Crippen LogP contribution is -2.57. The van der Waals surface area contributed by atoms with Crippen LogP contribution in [0.15, 0.2) is 24.4 Å². The van der Waals surface area contributed by atoms with Crippen LogP contribution in [0.3, 0.4) is 0 Å². The fraction of sp³-hybridized carbons (Fsp3) is 0.556. The molecule has 3 atom stereocenters. The lowest BCUT2D eigenvalue weighted by Gasteiger charge is -2.45. The number of piperidine rings is 1. The number of hydrogen-bond donors (Lipinski definition) is 3. The summed E-state index contributed by atoms with van der Waals surface area (Å²) in [5, 5.41) is 8.84. The molecule has 0 amide bonds. The van der Waals surface area contributed by atoms with Crippen molar-refractivity contribution < 1.29 is 0 Å². The molecule has 5 rings (SSSR count). The SMILES string of the molecule is c1cc2c3c(c[nH]c3c1)C[C@H]1NCC(N3CCNCC3)C[C@H]21. The van der Waals surface area contributed by atoms with E-state index in [4.69, 9.17) is 0 Å². The van der Waals surface area contributed by atoms with E-state index in [0.717, 1.165) is 19.6 Å². The molecule has 1 aromatic heterocycles. The van der Waals surface area contributed by atoms with Gasteiger partial charge in [0.1, 0.15) is 0 Å². The summed E-state index contributed by atoms with van der Waals surface area (Å²) in [6.07, 6.45) is 4.70. The van der Waals surface area contributed by atoms with E-state index in [1.54, 1.807) is 5.56 Å². The van der Waals surface area contributed by atoms with Crippen LogP contribution in [0.1, 0.15) is 23.5 Å². The van der Waals surface area contributed by atoms with Gasteiger partial charge in [0, 0.05) is 67.8 Å².